The Morgan fingerprint density at radius 1 is 0.397 bits per heavy atom. The van der Waals surface area contributed by atoms with E-state index >= 15 is 0 Å². The molecule has 376 valence electrons. The number of thiazole rings is 4. The summed E-state index contributed by atoms with van der Waals surface area (Å²) in [6, 6.07) is 33.5. The van der Waals surface area contributed by atoms with Crippen LogP contribution in [0.3, 0.4) is 0 Å². The van der Waals surface area contributed by atoms with Gasteiger partial charge in [-0.3, -0.25) is 0 Å². The zero-order valence-electron chi connectivity index (χ0n) is 34.7. The van der Waals surface area contributed by atoms with E-state index in [1.165, 1.54) is 74.7 Å². The summed E-state index contributed by atoms with van der Waals surface area (Å²) in [7, 11) is 0. The molecule has 0 fully saturated rings. The van der Waals surface area contributed by atoms with Crippen LogP contribution >= 0.6 is 162 Å². The van der Waals surface area contributed by atoms with E-state index < -0.39 is 18.8 Å². The number of unbranched alkanes of at least 4 members (excludes halogenated alkanes) is 4. The Bertz CT molecular complexity index is 2140. The molecule has 68 heavy (non-hydrogen) atoms. The smallest absolute Gasteiger partial charge is 0.356 e. The van der Waals surface area contributed by atoms with Crippen LogP contribution in [0, 0.1) is 30.6 Å². The molecule has 0 N–H and O–H groups in total. The van der Waals surface area contributed by atoms with Crippen LogP contribution < -0.4 is 0 Å². The van der Waals surface area contributed by atoms with Gasteiger partial charge in [-0.15, -0.1) is 45.3 Å². The second kappa shape index (κ2) is 39.0. The van der Waals surface area contributed by atoms with E-state index in [-0.39, 0.29) is 44.8 Å². The van der Waals surface area contributed by atoms with Crippen molar-refractivity contribution in [3.8, 4) is 0 Å². The topological polar surface area (TPSA) is 184 Å². The average molecular weight is 1380 g/mol. The molecule has 0 bridgehead atoms. The first-order valence-electron chi connectivity index (χ1n) is 19.1. The minimum absolute atomic E-state index is 0. The predicted octanol–water partition coefficient (Wildman–Crippen LogP) is 17.4. The summed E-state index contributed by atoms with van der Waals surface area (Å²) in [4.78, 5) is 35.2. The molecule has 0 saturated heterocycles. The van der Waals surface area contributed by atoms with Gasteiger partial charge >= 0.3 is 44.8 Å². The molecule has 0 amide bonds. The van der Waals surface area contributed by atoms with Crippen LogP contribution in [0.2, 0.25) is 0 Å². The Kier molecular flexibility index (Phi) is 37.5. The Hall–Kier alpha value is -0.539. The van der Waals surface area contributed by atoms with Crippen LogP contribution in [0.1, 0.15) is 38.5 Å². The van der Waals surface area contributed by atoms with Gasteiger partial charge in [0, 0.05) is 23.0 Å². The fraction of sp³-hybridized carbons (Fsp3) is 0.300. The van der Waals surface area contributed by atoms with E-state index in [9.17, 15) is 0 Å². The molecular weight excluding hydrogens is 1350 g/mol. The van der Waals surface area contributed by atoms with Gasteiger partial charge < -0.3 is 30.6 Å². The van der Waals surface area contributed by atoms with E-state index in [0.29, 0.717) is 0 Å². The van der Waals surface area contributed by atoms with Crippen molar-refractivity contribution in [1.29, 1.82) is 0 Å². The molecule has 8 rings (SSSR count). The quantitative estimate of drug-likeness (QED) is 0.0222. The van der Waals surface area contributed by atoms with Crippen LogP contribution in [0.4, 0.5) is 0 Å². The fourth-order valence-corrected chi connectivity index (χ4v) is 13.6. The first kappa shape index (κ1) is 65.5. The molecule has 0 spiro atoms. The standard InChI is InChI=1S/2C19H18N2S4.2CHCl3.2Ag.2NO3/c2*1(6-12-22-18-20-14-8-2-4-10-16(14)24-18)7-13-23-19-21-15-9-3-5-11-17(15)25-19;2*2-1(3)4;;;2*2-1(3)4/h2*2-5,8-11H,1,6-7,12-13H2;2*1H;;;;/q;;;;2*+1;2*-1. The Morgan fingerprint density at radius 2 is 0.574 bits per heavy atom. The molecule has 0 atom stereocenters. The van der Waals surface area contributed by atoms with Gasteiger partial charge in [0.15, 0.2) is 25.9 Å². The summed E-state index contributed by atoms with van der Waals surface area (Å²) < 4.78 is 8.45. The third-order valence-corrected chi connectivity index (χ3v) is 16.6. The summed E-state index contributed by atoms with van der Waals surface area (Å²) in [5, 5.41) is 29.5. The monoisotopic (exact) mass is 1380 g/mol. The summed E-state index contributed by atoms with van der Waals surface area (Å²) in [6.07, 6.45) is 7.55. The fourth-order valence-electron chi connectivity index (χ4n) is 5.05. The number of fused-ring (bicyclic) bond motifs is 4. The number of thioether (sulfide) groups is 4. The maximum Gasteiger partial charge on any atom is 1.00 e. The van der Waals surface area contributed by atoms with Crippen molar-refractivity contribution in [3.63, 3.8) is 0 Å². The number of benzene rings is 4. The van der Waals surface area contributed by atoms with Gasteiger partial charge in [-0.2, -0.15) is 0 Å². The molecule has 4 aromatic carbocycles. The normalized spacial score (nSPS) is 10.2. The molecule has 0 aliphatic rings. The van der Waals surface area contributed by atoms with Gasteiger partial charge in [-0.1, -0.05) is 178 Å². The zero-order chi connectivity index (χ0) is 48.1. The zero-order valence-corrected chi connectivity index (χ0v) is 48.8. The summed E-state index contributed by atoms with van der Waals surface area (Å²) in [5.74, 6) is 4.63. The maximum atomic E-state index is 8.25. The van der Waals surface area contributed by atoms with Crippen LogP contribution in [0.15, 0.2) is 114 Å². The molecule has 4 aromatic heterocycles. The summed E-state index contributed by atoms with van der Waals surface area (Å²) >= 11 is 43.6. The Labute approximate surface area is 487 Å². The molecule has 0 saturated carbocycles. The number of para-hydroxylation sites is 4. The SMILES string of the molecule is ClC(Cl)Cl.ClC(Cl)Cl.O=[N+]([O-])[O-].O=[N+]([O-])[O-].[Ag+].[Ag+].c1ccc2sc(SCCCCCSc3nc4ccccc4s3)nc2c1.c1ccc2sc(SCCCCCSc3nc4ccccc4s3)nc2c1. The summed E-state index contributed by atoms with van der Waals surface area (Å²) in [6.45, 7) is 0. The second-order valence-electron chi connectivity index (χ2n) is 12.2. The predicted molar refractivity (Wildman–Crippen MR) is 292 cm³/mol. The largest absolute Gasteiger partial charge is 1.00 e. The van der Waals surface area contributed by atoms with Gasteiger partial charge in [0.1, 0.15) is 0 Å². The van der Waals surface area contributed by atoms with Gasteiger partial charge in [0.05, 0.1) is 51.0 Å². The third-order valence-electron chi connectivity index (χ3n) is 7.58. The van der Waals surface area contributed by atoms with Crippen molar-refractivity contribution in [2.45, 2.75) is 64.5 Å². The Morgan fingerprint density at radius 3 is 0.750 bits per heavy atom. The van der Waals surface area contributed by atoms with Crippen LogP contribution in [0.25, 0.3) is 40.9 Å². The van der Waals surface area contributed by atoms with Gasteiger partial charge in [-0.25, -0.2) is 19.9 Å². The van der Waals surface area contributed by atoms with Crippen molar-refractivity contribution < 1.29 is 54.9 Å². The van der Waals surface area contributed by atoms with Crippen LogP contribution in [-0.4, -0.2) is 61.7 Å². The van der Waals surface area contributed by atoms with E-state index in [2.05, 4.69) is 117 Å². The number of alkyl halides is 6. The van der Waals surface area contributed by atoms with Gasteiger partial charge in [0.25, 0.3) is 0 Å². The van der Waals surface area contributed by atoms with Crippen molar-refractivity contribution in [1.82, 2.24) is 19.9 Å². The Balaban J connectivity index is 0.000000507. The molecular formula is C40H38Ag2Cl6N6O6S8. The molecule has 0 radical (unpaired) electrons. The molecule has 0 aliphatic carbocycles. The molecule has 8 aromatic rings. The number of hydrogen-bond acceptors (Lipinski definition) is 18. The van der Waals surface area contributed by atoms with Crippen molar-refractivity contribution in [2.75, 3.05) is 23.0 Å². The molecule has 28 heteroatoms. The molecule has 0 aliphatic heterocycles. The number of halogens is 6. The number of aromatic nitrogens is 4. The second-order valence-corrected chi connectivity index (χ2v) is 25.7. The molecule has 0 unspecified atom stereocenters. The molecule has 12 nitrogen and oxygen atoms in total. The van der Waals surface area contributed by atoms with Crippen molar-refractivity contribution >= 4 is 203 Å². The van der Waals surface area contributed by atoms with E-state index in [0.717, 1.165) is 45.1 Å². The van der Waals surface area contributed by atoms with Crippen LogP contribution in [-0.2, 0) is 44.8 Å². The average Bonchev–Trinajstić information content (AvgIpc) is 4.06. The van der Waals surface area contributed by atoms with Crippen molar-refractivity contribution in [3.05, 3.63) is 128 Å². The summed E-state index contributed by atoms with van der Waals surface area (Å²) in [5.41, 5.74) is 4.51. The number of rotatable bonds is 16. The maximum absolute atomic E-state index is 8.25. The minimum atomic E-state index is -1.75. The third kappa shape index (κ3) is 29.8. The molecule has 4 heterocycles. The minimum Gasteiger partial charge on any atom is -0.356 e. The number of nitrogens with zero attached hydrogens (tertiary/aromatic N) is 6. The van der Waals surface area contributed by atoms with Crippen molar-refractivity contribution in [2.24, 2.45) is 0 Å². The van der Waals surface area contributed by atoms with E-state index in [1.54, 1.807) is 45.3 Å². The van der Waals surface area contributed by atoms with Crippen LogP contribution in [0.5, 0.6) is 0 Å². The number of hydrogen-bond donors (Lipinski definition) is 0. The van der Waals surface area contributed by atoms with Gasteiger partial charge in [0.2, 0.25) is 0 Å². The van der Waals surface area contributed by atoms with Gasteiger partial charge in [-0.05, 0) is 74.2 Å². The first-order chi connectivity index (χ1) is 31.7. The van der Waals surface area contributed by atoms with E-state index in [1.807, 2.05) is 47.0 Å². The van der Waals surface area contributed by atoms with E-state index in [4.69, 9.17) is 100 Å². The first-order valence-corrected chi connectivity index (χ1v) is 28.9.